The fraction of sp³-hybridized carbons (Fsp3) is 0.500. The second-order valence-corrected chi connectivity index (χ2v) is 13.0. The minimum Gasteiger partial charge on any atom is -0.497 e. The highest BCUT2D eigenvalue weighted by Crippen LogP contribution is 2.42. The van der Waals surface area contributed by atoms with Crippen LogP contribution in [0, 0.1) is 19.3 Å². The molecule has 2 aliphatic rings. The van der Waals surface area contributed by atoms with E-state index in [1.54, 1.807) is 7.11 Å². The number of carboxylic acid groups (broad SMARTS) is 1. The summed E-state index contributed by atoms with van der Waals surface area (Å²) in [6.07, 6.45) is 4.41. The van der Waals surface area contributed by atoms with Crippen LogP contribution in [0.3, 0.4) is 0 Å². The van der Waals surface area contributed by atoms with Crippen molar-refractivity contribution in [1.29, 1.82) is 0 Å². The maximum absolute atomic E-state index is 11.9. The topological polar surface area (TPSA) is 75.1 Å². The van der Waals surface area contributed by atoms with Crippen molar-refractivity contribution in [2.75, 3.05) is 51.3 Å². The van der Waals surface area contributed by atoms with Crippen molar-refractivity contribution in [3.05, 3.63) is 71.0 Å². The largest absolute Gasteiger partial charge is 0.497 e. The van der Waals surface area contributed by atoms with Crippen molar-refractivity contribution >= 4 is 11.7 Å². The highest BCUT2D eigenvalue weighted by Gasteiger charge is 2.30. The third kappa shape index (κ3) is 7.50. The lowest BCUT2D eigenvalue weighted by atomic mass is 9.82. The maximum atomic E-state index is 11.9. The Morgan fingerprint density at radius 2 is 1.67 bits per heavy atom. The van der Waals surface area contributed by atoms with Gasteiger partial charge in [-0.25, -0.2) is 0 Å². The second-order valence-electron chi connectivity index (χ2n) is 13.0. The number of carboxylic acids is 1. The van der Waals surface area contributed by atoms with Crippen LogP contribution in [0.2, 0.25) is 0 Å². The van der Waals surface area contributed by atoms with E-state index in [1.807, 2.05) is 32.0 Å². The SMILES string of the molecule is COc1cccc(C2CCN(CCOc3ccc(-c4c(C)nc(C)c(CC(=O)O)c4N4CCC(C)(C)CC4)cc3)CC2)c1. The maximum Gasteiger partial charge on any atom is 0.307 e. The van der Waals surface area contributed by atoms with Gasteiger partial charge in [0.05, 0.1) is 19.2 Å². The summed E-state index contributed by atoms with van der Waals surface area (Å²) in [4.78, 5) is 21.6. The van der Waals surface area contributed by atoms with E-state index in [9.17, 15) is 9.90 Å². The van der Waals surface area contributed by atoms with E-state index >= 15 is 0 Å². The Kier molecular flexibility index (Phi) is 9.60. The molecule has 5 rings (SSSR count). The zero-order valence-corrected chi connectivity index (χ0v) is 26.5. The lowest BCUT2D eigenvalue weighted by Crippen LogP contribution is -2.38. The van der Waals surface area contributed by atoms with Crippen LogP contribution in [0.5, 0.6) is 11.5 Å². The van der Waals surface area contributed by atoms with Crippen molar-refractivity contribution in [3.63, 3.8) is 0 Å². The summed E-state index contributed by atoms with van der Waals surface area (Å²) < 4.78 is 11.6. The van der Waals surface area contributed by atoms with Gasteiger partial charge in [-0.2, -0.15) is 0 Å². The molecule has 7 nitrogen and oxygen atoms in total. The standard InChI is InChI=1S/C36H47N3O4/c1-25-32(24-33(40)41)35(39-19-15-36(3,4)16-20-39)34(26(2)37-25)28-9-11-30(12-10-28)43-22-21-38-17-13-27(14-18-38)29-7-6-8-31(23-29)42-5/h6-12,23,27H,13-22,24H2,1-5H3,(H,40,41). The summed E-state index contributed by atoms with van der Waals surface area (Å²) in [5.74, 6) is 1.53. The number of carbonyl (C=O) groups is 1. The van der Waals surface area contributed by atoms with Crippen molar-refractivity contribution in [2.45, 2.75) is 65.7 Å². The predicted molar refractivity (Wildman–Crippen MR) is 173 cm³/mol. The molecule has 0 unspecified atom stereocenters. The number of methoxy groups -OCH3 is 1. The van der Waals surface area contributed by atoms with Crippen LogP contribution in [0.25, 0.3) is 11.1 Å². The monoisotopic (exact) mass is 585 g/mol. The van der Waals surface area contributed by atoms with Crippen LogP contribution < -0.4 is 14.4 Å². The normalized spacial score (nSPS) is 17.6. The number of nitrogens with zero attached hydrogens (tertiary/aromatic N) is 3. The molecule has 3 aromatic rings. The van der Waals surface area contributed by atoms with Gasteiger partial charge < -0.3 is 19.5 Å². The third-order valence-electron chi connectivity index (χ3n) is 9.39. The number of pyridine rings is 1. The van der Waals surface area contributed by atoms with E-state index in [-0.39, 0.29) is 6.42 Å². The summed E-state index contributed by atoms with van der Waals surface area (Å²) in [7, 11) is 1.72. The molecule has 2 saturated heterocycles. The average molecular weight is 586 g/mol. The molecule has 0 amide bonds. The van der Waals surface area contributed by atoms with Crippen molar-refractivity contribution in [2.24, 2.45) is 5.41 Å². The summed E-state index contributed by atoms with van der Waals surface area (Å²) in [5, 5.41) is 9.75. The molecule has 1 aromatic heterocycles. The summed E-state index contributed by atoms with van der Waals surface area (Å²) in [5.41, 5.74) is 7.34. The molecule has 0 saturated carbocycles. The number of rotatable bonds is 10. The first-order valence-corrected chi connectivity index (χ1v) is 15.7. The van der Waals surface area contributed by atoms with Crippen LogP contribution in [0.4, 0.5) is 5.69 Å². The van der Waals surface area contributed by atoms with Gasteiger partial charge in [0.2, 0.25) is 0 Å². The first-order chi connectivity index (χ1) is 20.6. The van der Waals surface area contributed by atoms with E-state index < -0.39 is 5.97 Å². The van der Waals surface area contributed by atoms with Crippen molar-refractivity contribution < 1.29 is 19.4 Å². The third-order valence-corrected chi connectivity index (χ3v) is 9.39. The predicted octanol–water partition coefficient (Wildman–Crippen LogP) is 6.89. The molecule has 2 fully saturated rings. The van der Waals surface area contributed by atoms with Gasteiger partial charge in [-0.1, -0.05) is 38.1 Å². The molecule has 0 radical (unpaired) electrons. The Bertz CT molecular complexity index is 1400. The minimum atomic E-state index is -0.827. The number of piperidine rings is 2. The quantitative estimate of drug-likeness (QED) is 0.278. The smallest absolute Gasteiger partial charge is 0.307 e. The Labute approximate surface area is 256 Å². The Morgan fingerprint density at radius 3 is 2.33 bits per heavy atom. The Balaban J connectivity index is 1.24. The van der Waals surface area contributed by atoms with Crippen LogP contribution in [-0.2, 0) is 11.2 Å². The number of hydrogen-bond acceptors (Lipinski definition) is 6. The number of anilines is 1. The van der Waals surface area contributed by atoms with Gasteiger partial charge in [0.1, 0.15) is 18.1 Å². The number of benzene rings is 2. The van der Waals surface area contributed by atoms with Crippen molar-refractivity contribution in [3.8, 4) is 22.6 Å². The molecule has 0 atom stereocenters. The fourth-order valence-corrected chi connectivity index (χ4v) is 6.66. The van der Waals surface area contributed by atoms with E-state index in [0.717, 1.165) is 104 Å². The fourth-order valence-electron chi connectivity index (χ4n) is 6.66. The van der Waals surface area contributed by atoms with E-state index in [2.05, 4.69) is 54.0 Å². The van der Waals surface area contributed by atoms with Gasteiger partial charge in [-0.05, 0) is 99.3 Å². The molecule has 7 heteroatoms. The first-order valence-electron chi connectivity index (χ1n) is 15.7. The molecular formula is C36H47N3O4. The van der Waals surface area contributed by atoms with E-state index in [4.69, 9.17) is 14.5 Å². The lowest BCUT2D eigenvalue weighted by Gasteiger charge is -2.40. The van der Waals surface area contributed by atoms with Gasteiger partial charge in [-0.15, -0.1) is 0 Å². The average Bonchev–Trinajstić information content (AvgIpc) is 2.99. The Morgan fingerprint density at radius 1 is 0.977 bits per heavy atom. The molecular weight excluding hydrogens is 538 g/mol. The van der Waals surface area contributed by atoms with Gasteiger partial charge in [0.25, 0.3) is 0 Å². The molecule has 0 aliphatic carbocycles. The Hall–Kier alpha value is -3.58. The molecule has 2 aromatic carbocycles. The molecule has 3 heterocycles. The van der Waals surface area contributed by atoms with Gasteiger partial charge >= 0.3 is 5.97 Å². The number of aryl methyl sites for hydroxylation is 2. The zero-order chi connectivity index (χ0) is 30.6. The van der Waals surface area contributed by atoms with Gasteiger partial charge in [0.15, 0.2) is 0 Å². The molecule has 0 bridgehead atoms. The van der Waals surface area contributed by atoms with Crippen LogP contribution in [-0.4, -0.2) is 67.4 Å². The van der Waals surface area contributed by atoms with Gasteiger partial charge in [0, 0.05) is 42.1 Å². The highest BCUT2D eigenvalue weighted by atomic mass is 16.5. The highest BCUT2D eigenvalue weighted by molar-refractivity contribution is 5.86. The lowest BCUT2D eigenvalue weighted by molar-refractivity contribution is -0.136. The van der Waals surface area contributed by atoms with E-state index in [0.29, 0.717) is 17.9 Å². The number of likely N-dealkylation sites (tertiary alicyclic amines) is 1. The molecule has 2 aliphatic heterocycles. The number of hydrogen-bond donors (Lipinski definition) is 1. The minimum absolute atomic E-state index is 0.0285. The van der Waals surface area contributed by atoms with Crippen molar-refractivity contribution in [1.82, 2.24) is 9.88 Å². The molecule has 230 valence electrons. The van der Waals surface area contributed by atoms with Gasteiger partial charge in [-0.3, -0.25) is 14.7 Å². The zero-order valence-electron chi connectivity index (χ0n) is 26.5. The van der Waals surface area contributed by atoms with E-state index in [1.165, 1.54) is 5.56 Å². The van der Waals surface area contributed by atoms with Crippen LogP contribution in [0.15, 0.2) is 48.5 Å². The van der Waals surface area contributed by atoms with Crippen LogP contribution in [0.1, 0.15) is 68.0 Å². The molecule has 0 spiro atoms. The molecule has 1 N–H and O–H groups in total. The summed E-state index contributed by atoms with van der Waals surface area (Å²) in [6.45, 7) is 14.1. The molecule has 43 heavy (non-hydrogen) atoms. The number of aliphatic carboxylic acids is 1. The summed E-state index contributed by atoms with van der Waals surface area (Å²) >= 11 is 0. The second kappa shape index (κ2) is 13.4. The summed E-state index contributed by atoms with van der Waals surface area (Å²) in [6, 6.07) is 16.7. The number of aromatic nitrogens is 1. The first kappa shape index (κ1) is 30.9. The number of ether oxygens (including phenoxy) is 2. The van der Waals surface area contributed by atoms with Crippen LogP contribution >= 0.6 is 0 Å².